The number of ether oxygens (including phenoxy) is 1. The molecule has 0 fully saturated rings. The Hall–Kier alpha value is -0.130. The molecule has 0 bridgehead atoms. The molecular formula is C13H23ClN2OS. The van der Waals surface area contributed by atoms with Gasteiger partial charge in [-0.2, -0.15) is 0 Å². The van der Waals surface area contributed by atoms with Crippen LogP contribution in [-0.2, 0) is 4.74 Å². The van der Waals surface area contributed by atoms with E-state index in [4.69, 9.17) is 22.1 Å². The third-order valence-electron chi connectivity index (χ3n) is 2.96. The van der Waals surface area contributed by atoms with Crippen molar-refractivity contribution in [2.45, 2.75) is 38.9 Å². The number of methoxy groups -OCH3 is 1. The first-order valence-electron chi connectivity index (χ1n) is 6.22. The lowest BCUT2D eigenvalue weighted by Crippen LogP contribution is -2.44. The topological polar surface area (TPSA) is 38.5 Å². The molecule has 0 radical (unpaired) electrons. The lowest BCUT2D eigenvalue weighted by Gasteiger charge is -2.36. The molecule has 3 nitrogen and oxygen atoms in total. The zero-order valence-corrected chi connectivity index (χ0v) is 13.1. The van der Waals surface area contributed by atoms with Crippen molar-refractivity contribution >= 4 is 22.9 Å². The Kier molecular flexibility index (Phi) is 6.60. The normalized spacial score (nSPS) is 15.3. The Morgan fingerprint density at radius 3 is 2.44 bits per heavy atom. The largest absolute Gasteiger partial charge is 0.383 e. The van der Waals surface area contributed by atoms with Gasteiger partial charge in [0.25, 0.3) is 0 Å². The Morgan fingerprint density at radius 2 is 2.06 bits per heavy atom. The van der Waals surface area contributed by atoms with Crippen LogP contribution in [0.3, 0.4) is 0 Å². The summed E-state index contributed by atoms with van der Waals surface area (Å²) in [5.74, 6) is 0. The highest BCUT2D eigenvalue weighted by Crippen LogP contribution is 2.33. The summed E-state index contributed by atoms with van der Waals surface area (Å²) in [5.41, 5.74) is 6.17. The highest BCUT2D eigenvalue weighted by Gasteiger charge is 2.27. The molecule has 0 aliphatic heterocycles. The Bertz CT molecular complexity index is 355. The maximum absolute atomic E-state index is 6.17. The molecule has 2 unspecified atom stereocenters. The van der Waals surface area contributed by atoms with Gasteiger partial charge in [-0.1, -0.05) is 11.6 Å². The maximum Gasteiger partial charge on any atom is 0.0931 e. The molecule has 0 amide bonds. The summed E-state index contributed by atoms with van der Waals surface area (Å²) < 4.78 is 6.00. The van der Waals surface area contributed by atoms with Crippen LogP contribution in [0.4, 0.5) is 0 Å². The molecule has 1 heterocycles. The number of hydrogen-bond donors (Lipinski definition) is 1. The second-order valence-electron chi connectivity index (χ2n) is 4.77. The molecular weight excluding hydrogens is 268 g/mol. The lowest BCUT2D eigenvalue weighted by molar-refractivity contribution is 0.0878. The second-order valence-corrected chi connectivity index (χ2v) is 6.52. The molecule has 1 rings (SSSR count). The summed E-state index contributed by atoms with van der Waals surface area (Å²) in [6, 6.07) is 4.67. The van der Waals surface area contributed by atoms with Gasteiger partial charge in [-0.05, 0) is 32.9 Å². The van der Waals surface area contributed by atoms with E-state index in [0.29, 0.717) is 12.6 Å². The third-order valence-corrected chi connectivity index (χ3v) is 4.26. The first-order valence-corrected chi connectivity index (χ1v) is 7.42. The minimum Gasteiger partial charge on any atom is -0.383 e. The molecule has 0 aliphatic carbocycles. The van der Waals surface area contributed by atoms with Gasteiger partial charge in [-0.3, -0.25) is 4.90 Å². The van der Waals surface area contributed by atoms with Crippen molar-refractivity contribution in [1.29, 1.82) is 0 Å². The third kappa shape index (κ3) is 4.21. The summed E-state index contributed by atoms with van der Waals surface area (Å²) in [6.07, 6.45) is 0. The fourth-order valence-electron chi connectivity index (χ4n) is 2.13. The Balaban J connectivity index is 2.93. The zero-order chi connectivity index (χ0) is 13.7. The van der Waals surface area contributed by atoms with E-state index in [-0.39, 0.29) is 12.1 Å². The number of nitrogens with two attached hydrogens (primary N) is 1. The van der Waals surface area contributed by atoms with Gasteiger partial charge in [0.2, 0.25) is 0 Å². The van der Waals surface area contributed by atoms with E-state index in [9.17, 15) is 0 Å². The van der Waals surface area contributed by atoms with Crippen LogP contribution >= 0.6 is 22.9 Å². The zero-order valence-electron chi connectivity index (χ0n) is 11.5. The van der Waals surface area contributed by atoms with E-state index in [1.54, 1.807) is 18.4 Å². The molecule has 5 heteroatoms. The summed E-state index contributed by atoms with van der Waals surface area (Å²) in [6.45, 7) is 7.98. The molecule has 104 valence electrons. The summed E-state index contributed by atoms with van der Waals surface area (Å²) in [4.78, 5) is 3.59. The van der Waals surface area contributed by atoms with Crippen molar-refractivity contribution in [3.05, 3.63) is 21.3 Å². The van der Waals surface area contributed by atoms with E-state index in [2.05, 4.69) is 24.8 Å². The molecule has 18 heavy (non-hydrogen) atoms. The molecule has 0 saturated heterocycles. The van der Waals surface area contributed by atoms with Crippen molar-refractivity contribution in [3.8, 4) is 0 Å². The smallest absolute Gasteiger partial charge is 0.0931 e. The average molecular weight is 291 g/mol. The first kappa shape index (κ1) is 15.9. The molecule has 0 aliphatic rings. The van der Waals surface area contributed by atoms with Crippen LogP contribution in [0.15, 0.2) is 12.1 Å². The minimum absolute atomic E-state index is 0.0546. The maximum atomic E-state index is 6.17. The van der Waals surface area contributed by atoms with Crippen molar-refractivity contribution in [2.24, 2.45) is 5.73 Å². The van der Waals surface area contributed by atoms with Gasteiger partial charge in [0.1, 0.15) is 0 Å². The average Bonchev–Trinajstić information content (AvgIpc) is 2.69. The van der Waals surface area contributed by atoms with Gasteiger partial charge < -0.3 is 10.5 Å². The first-order chi connectivity index (χ1) is 8.47. The Morgan fingerprint density at radius 1 is 1.39 bits per heavy atom. The van der Waals surface area contributed by atoms with Crippen LogP contribution in [0.5, 0.6) is 0 Å². The number of thiophene rings is 1. The number of nitrogens with zero attached hydrogens (tertiary/aromatic N) is 1. The van der Waals surface area contributed by atoms with E-state index in [1.807, 2.05) is 13.0 Å². The second kappa shape index (κ2) is 7.46. The fraction of sp³-hybridized carbons (Fsp3) is 0.692. The number of rotatable bonds is 7. The standard InChI is InChI=1S/C13H23ClN2OS/c1-9(2)16(7-8-17-4)13(10(3)15)11-5-6-12(14)18-11/h5-6,9-10,13H,7-8,15H2,1-4H3. The molecule has 0 saturated carbocycles. The van der Waals surface area contributed by atoms with Crippen molar-refractivity contribution in [3.63, 3.8) is 0 Å². The van der Waals surface area contributed by atoms with Crippen LogP contribution < -0.4 is 5.73 Å². The van der Waals surface area contributed by atoms with Gasteiger partial charge in [0, 0.05) is 30.6 Å². The quantitative estimate of drug-likeness (QED) is 0.838. The van der Waals surface area contributed by atoms with Crippen LogP contribution in [0.2, 0.25) is 4.34 Å². The fourth-order valence-corrected chi connectivity index (χ4v) is 3.43. The molecule has 0 spiro atoms. The van der Waals surface area contributed by atoms with E-state index in [1.165, 1.54) is 4.88 Å². The van der Waals surface area contributed by atoms with E-state index < -0.39 is 0 Å². The Labute approximate surface area is 119 Å². The SMILES string of the molecule is COCCN(C(C)C)C(c1ccc(Cl)s1)C(C)N. The monoisotopic (exact) mass is 290 g/mol. The van der Waals surface area contributed by atoms with Gasteiger partial charge in [-0.25, -0.2) is 0 Å². The van der Waals surface area contributed by atoms with Gasteiger partial charge in [0.05, 0.1) is 17.0 Å². The van der Waals surface area contributed by atoms with Gasteiger partial charge >= 0.3 is 0 Å². The lowest BCUT2D eigenvalue weighted by atomic mass is 10.1. The molecule has 2 atom stereocenters. The van der Waals surface area contributed by atoms with Gasteiger partial charge in [-0.15, -0.1) is 11.3 Å². The van der Waals surface area contributed by atoms with Gasteiger partial charge in [0.15, 0.2) is 0 Å². The van der Waals surface area contributed by atoms with E-state index >= 15 is 0 Å². The molecule has 1 aromatic rings. The van der Waals surface area contributed by atoms with Crippen LogP contribution in [0, 0.1) is 0 Å². The number of halogens is 1. The van der Waals surface area contributed by atoms with Crippen molar-refractivity contribution < 1.29 is 4.74 Å². The molecule has 0 aromatic carbocycles. The summed E-state index contributed by atoms with van der Waals surface area (Å²) in [7, 11) is 1.72. The molecule has 2 N–H and O–H groups in total. The number of hydrogen-bond acceptors (Lipinski definition) is 4. The molecule has 1 aromatic heterocycles. The minimum atomic E-state index is 0.0546. The highest BCUT2D eigenvalue weighted by molar-refractivity contribution is 7.16. The summed E-state index contributed by atoms with van der Waals surface area (Å²) >= 11 is 7.64. The predicted octanol–water partition coefficient (Wildman–Crippen LogP) is 3.15. The summed E-state index contributed by atoms with van der Waals surface area (Å²) in [5, 5.41) is 0. The van der Waals surface area contributed by atoms with Crippen LogP contribution in [0.25, 0.3) is 0 Å². The van der Waals surface area contributed by atoms with E-state index in [0.717, 1.165) is 10.9 Å². The van der Waals surface area contributed by atoms with Crippen molar-refractivity contribution in [2.75, 3.05) is 20.3 Å². The highest BCUT2D eigenvalue weighted by atomic mass is 35.5. The van der Waals surface area contributed by atoms with Crippen LogP contribution in [0.1, 0.15) is 31.7 Å². The predicted molar refractivity (Wildman–Crippen MR) is 79.4 cm³/mol. The van der Waals surface area contributed by atoms with Crippen LogP contribution in [-0.4, -0.2) is 37.2 Å². The van der Waals surface area contributed by atoms with Crippen molar-refractivity contribution in [1.82, 2.24) is 4.90 Å².